The number of hydrogen-bond donors (Lipinski definition) is 1. The van der Waals surface area contributed by atoms with E-state index in [0.717, 1.165) is 11.6 Å². The van der Waals surface area contributed by atoms with Gasteiger partial charge < -0.3 is 10.0 Å². The summed E-state index contributed by atoms with van der Waals surface area (Å²) in [5, 5.41) is 10.1. The van der Waals surface area contributed by atoms with E-state index in [-0.39, 0.29) is 0 Å². The van der Waals surface area contributed by atoms with Gasteiger partial charge in [0.2, 0.25) is 0 Å². The van der Waals surface area contributed by atoms with E-state index in [1.165, 1.54) is 5.56 Å². The molecule has 1 aromatic carbocycles. The summed E-state index contributed by atoms with van der Waals surface area (Å²) in [6.45, 7) is 1.35. The van der Waals surface area contributed by atoms with Gasteiger partial charge in [0.15, 0.2) is 0 Å². The van der Waals surface area contributed by atoms with Gasteiger partial charge in [0.05, 0.1) is 6.54 Å². The first-order chi connectivity index (χ1) is 7.24. The summed E-state index contributed by atoms with van der Waals surface area (Å²) >= 11 is 5.80. The second-order valence-corrected chi connectivity index (χ2v) is 3.97. The van der Waals surface area contributed by atoms with Crippen molar-refractivity contribution in [2.75, 3.05) is 6.54 Å². The summed E-state index contributed by atoms with van der Waals surface area (Å²) in [7, 11) is 0. The number of aliphatic hydroxyl groups is 1. The Labute approximate surface area is 94.1 Å². The van der Waals surface area contributed by atoms with Gasteiger partial charge in [0.1, 0.15) is 5.76 Å². The van der Waals surface area contributed by atoms with E-state index in [1.807, 2.05) is 41.4 Å². The Morgan fingerprint density at radius 3 is 2.67 bits per heavy atom. The predicted molar refractivity (Wildman–Crippen MR) is 61.7 cm³/mol. The first kappa shape index (κ1) is 10.1. The fraction of sp³-hybridized carbons (Fsp3) is 0.167. The zero-order chi connectivity index (χ0) is 10.7. The SMILES string of the molecule is OC1=CC=CN(Cc2ccc(Cl)cc2)C1. The van der Waals surface area contributed by atoms with Crippen LogP contribution in [0.2, 0.25) is 5.02 Å². The van der Waals surface area contributed by atoms with Gasteiger partial charge >= 0.3 is 0 Å². The second kappa shape index (κ2) is 4.41. The quantitative estimate of drug-likeness (QED) is 0.830. The molecule has 1 N–H and O–H groups in total. The van der Waals surface area contributed by atoms with Gasteiger partial charge in [-0.25, -0.2) is 0 Å². The van der Waals surface area contributed by atoms with E-state index in [9.17, 15) is 5.11 Å². The minimum absolute atomic E-state index is 0.395. The Hall–Kier alpha value is -1.41. The Balaban J connectivity index is 2.01. The molecule has 78 valence electrons. The first-order valence-electron chi connectivity index (χ1n) is 4.79. The largest absolute Gasteiger partial charge is 0.510 e. The maximum Gasteiger partial charge on any atom is 0.112 e. The zero-order valence-electron chi connectivity index (χ0n) is 8.23. The van der Waals surface area contributed by atoms with Crippen LogP contribution in [0.1, 0.15) is 5.56 Å². The minimum Gasteiger partial charge on any atom is -0.510 e. The minimum atomic E-state index is 0.395. The van der Waals surface area contributed by atoms with E-state index in [4.69, 9.17) is 11.6 Å². The molecule has 3 heteroatoms. The van der Waals surface area contributed by atoms with Gasteiger partial charge in [-0.05, 0) is 36.0 Å². The van der Waals surface area contributed by atoms with Crippen LogP contribution >= 0.6 is 11.6 Å². The molecule has 0 amide bonds. The molecule has 2 rings (SSSR count). The van der Waals surface area contributed by atoms with Crippen molar-refractivity contribution in [2.45, 2.75) is 6.54 Å². The molecule has 0 bridgehead atoms. The van der Waals surface area contributed by atoms with E-state index in [1.54, 1.807) is 6.08 Å². The molecular formula is C12H12ClNO. The average Bonchev–Trinajstić information content (AvgIpc) is 2.22. The van der Waals surface area contributed by atoms with Gasteiger partial charge in [-0.15, -0.1) is 0 Å². The highest BCUT2D eigenvalue weighted by Crippen LogP contribution is 2.13. The molecule has 0 radical (unpaired) electrons. The van der Waals surface area contributed by atoms with Crippen LogP contribution in [0.5, 0.6) is 0 Å². The highest BCUT2D eigenvalue weighted by molar-refractivity contribution is 6.30. The molecule has 1 aliphatic rings. The summed E-state index contributed by atoms with van der Waals surface area (Å²) < 4.78 is 0. The van der Waals surface area contributed by atoms with Crippen molar-refractivity contribution in [2.24, 2.45) is 0 Å². The number of halogens is 1. The van der Waals surface area contributed by atoms with Gasteiger partial charge in [0, 0.05) is 11.6 Å². The molecule has 0 unspecified atom stereocenters. The number of allylic oxidation sites excluding steroid dienone is 2. The fourth-order valence-corrected chi connectivity index (χ4v) is 1.65. The predicted octanol–water partition coefficient (Wildman–Crippen LogP) is 3.11. The van der Waals surface area contributed by atoms with Crippen molar-refractivity contribution < 1.29 is 5.11 Å². The van der Waals surface area contributed by atoms with Crippen LogP contribution in [-0.4, -0.2) is 16.6 Å². The van der Waals surface area contributed by atoms with Crippen molar-refractivity contribution >= 4 is 11.6 Å². The third kappa shape index (κ3) is 2.77. The van der Waals surface area contributed by atoms with Crippen molar-refractivity contribution in [3.05, 3.63) is 59.0 Å². The normalized spacial score (nSPS) is 15.3. The first-order valence-corrected chi connectivity index (χ1v) is 5.17. The topological polar surface area (TPSA) is 23.5 Å². The zero-order valence-corrected chi connectivity index (χ0v) is 8.98. The van der Waals surface area contributed by atoms with Crippen molar-refractivity contribution in [3.63, 3.8) is 0 Å². The van der Waals surface area contributed by atoms with Crippen LogP contribution in [0.3, 0.4) is 0 Å². The third-order valence-corrected chi connectivity index (χ3v) is 2.50. The van der Waals surface area contributed by atoms with Crippen LogP contribution < -0.4 is 0 Å². The van der Waals surface area contributed by atoms with E-state index in [2.05, 4.69) is 0 Å². The van der Waals surface area contributed by atoms with E-state index >= 15 is 0 Å². The van der Waals surface area contributed by atoms with Crippen molar-refractivity contribution in [1.29, 1.82) is 0 Å². The maximum absolute atomic E-state index is 9.35. The number of aliphatic hydroxyl groups excluding tert-OH is 1. The van der Waals surface area contributed by atoms with Crippen molar-refractivity contribution in [1.82, 2.24) is 4.90 Å². The summed E-state index contributed by atoms with van der Waals surface area (Å²) in [5.41, 5.74) is 1.18. The smallest absolute Gasteiger partial charge is 0.112 e. The summed E-state index contributed by atoms with van der Waals surface area (Å²) in [5.74, 6) is 0.395. The molecule has 0 aliphatic carbocycles. The summed E-state index contributed by atoms with van der Waals surface area (Å²) in [6, 6.07) is 7.73. The molecule has 0 saturated heterocycles. The number of rotatable bonds is 2. The number of hydrogen-bond acceptors (Lipinski definition) is 2. The molecule has 0 saturated carbocycles. The standard InChI is InChI=1S/C12H12ClNO/c13-11-5-3-10(4-6-11)8-14-7-1-2-12(15)9-14/h1-7,15H,8-9H2. The summed E-state index contributed by atoms with van der Waals surface area (Å²) in [4.78, 5) is 2.04. The average molecular weight is 222 g/mol. The molecule has 0 aromatic heterocycles. The molecule has 2 nitrogen and oxygen atoms in total. The molecule has 1 aromatic rings. The number of benzene rings is 1. The van der Waals surface area contributed by atoms with Crippen LogP contribution in [0.15, 0.2) is 48.4 Å². The van der Waals surface area contributed by atoms with Gasteiger partial charge in [-0.2, -0.15) is 0 Å². The van der Waals surface area contributed by atoms with Crippen LogP contribution in [-0.2, 0) is 6.54 Å². The molecule has 15 heavy (non-hydrogen) atoms. The molecule has 0 atom stereocenters. The Kier molecular flexibility index (Phi) is 2.97. The Morgan fingerprint density at radius 1 is 1.27 bits per heavy atom. The lowest BCUT2D eigenvalue weighted by atomic mass is 10.2. The van der Waals surface area contributed by atoms with Crippen LogP contribution in [0, 0.1) is 0 Å². The number of nitrogens with zero attached hydrogens (tertiary/aromatic N) is 1. The molecule has 1 heterocycles. The van der Waals surface area contributed by atoms with E-state index < -0.39 is 0 Å². The van der Waals surface area contributed by atoms with Gasteiger partial charge in [0.25, 0.3) is 0 Å². The molecular weight excluding hydrogens is 210 g/mol. The molecule has 0 fully saturated rings. The van der Waals surface area contributed by atoms with Gasteiger partial charge in [-0.1, -0.05) is 23.7 Å². The van der Waals surface area contributed by atoms with Crippen molar-refractivity contribution in [3.8, 4) is 0 Å². The van der Waals surface area contributed by atoms with Gasteiger partial charge in [-0.3, -0.25) is 0 Å². The summed E-state index contributed by atoms with van der Waals surface area (Å²) in [6.07, 6.45) is 5.52. The Bertz CT molecular complexity index is 395. The fourth-order valence-electron chi connectivity index (χ4n) is 1.52. The highest BCUT2D eigenvalue weighted by Gasteiger charge is 2.06. The van der Waals surface area contributed by atoms with E-state index in [0.29, 0.717) is 12.3 Å². The lowest BCUT2D eigenvalue weighted by Gasteiger charge is -2.22. The monoisotopic (exact) mass is 221 g/mol. The second-order valence-electron chi connectivity index (χ2n) is 3.53. The highest BCUT2D eigenvalue weighted by atomic mass is 35.5. The third-order valence-electron chi connectivity index (χ3n) is 2.25. The Morgan fingerprint density at radius 2 is 2.00 bits per heavy atom. The lowest BCUT2D eigenvalue weighted by Crippen LogP contribution is -2.21. The van der Waals surface area contributed by atoms with Crippen LogP contribution in [0.25, 0.3) is 0 Å². The molecule has 0 spiro atoms. The maximum atomic E-state index is 9.35. The molecule has 1 aliphatic heterocycles. The van der Waals surface area contributed by atoms with Crippen LogP contribution in [0.4, 0.5) is 0 Å². The lowest BCUT2D eigenvalue weighted by molar-refractivity contribution is 0.302.